The van der Waals surface area contributed by atoms with Crippen LogP contribution in [-0.4, -0.2) is 22.1 Å². The number of carbonyl (C=O) groups is 1. The summed E-state index contributed by atoms with van der Waals surface area (Å²) in [5.41, 5.74) is 2.44. The van der Waals surface area contributed by atoms with Crippen molar-refractivity contribution in [3.63, 3.8) is 0 Å². The first-order chi connectivity index (χ1) is 11.6. The second-order valence-corrected chi connectivity index (χ2v) is 5.67. The molecule has 2 aromatic carbocycles. The Hall–Kier alpha value is -2.79. The zero-order valence-electron chi connectivity index (χ0n) is 13.1. The number of rotatable bonds is 5. The highest BCUT2D eigenvalue weighted by atomic mass is 35.5. The monoisotopic (exact) mass is 341 g/mol. The summed E-state index contributed by atoms with van der Waals surface area (Å²) in [6.45, 7) is 1.80. The molecule has 5 nitrogen and oxygen atoms in total. The molecule has 0 radical (unpaired) electrons. The summed E-state index contributed by atoms with van der Waals surface area (Å²) >= 11 is 5.92. The van der Waals surface area contributed by atoms with E-state index in [4.69, 9.17) is 16.3 Å². The number of imidazole rings is 1. The fourth-order valence-electron chi connectivity index (χ4n) is 2.29. The fourth-order valence-corrected chi connectivity index (χ4v) is 2.52. The van der Waals surface area contributed by atoms with Crippen molar-refractivity contribution in [2.45, 2.75) is 6.92 Å². The molecule has 6 heteroatoms. The number of hydrogen-bond donors (Lipinski definition) is 1. The van der Waals surface area contributed by atoms with Crippen LogP contribution in [0.25, 0.3) is 5.69 Å². The summed E-state index contributed by atoms with van der Waals surface area (Å²) in [7, 11) is 0. The van der Waals surface area contributed by atoms with Gasteiger partial charge >= 0.3 is 0 Å². The molecule has 1 heterocycles. The molecule has 0 spiro atoms. The van der Waals surface area contributed by atoms with Crippen molar-refractivity contribution in [1.29, 1.82) is 0 Å². The topological polar surface area (TPSA) is 56.1 Å². The SMILES string of the molecule is Cc1cc(Cl)ccc1NC(=O)COc1ccccc1-n1ccnc1. The Bertz CT molecular complexity index is 847. The minimum atomic E-state index is -0.235. The van der Waals surface area contributed by atoms with Gasteiger partial charge in [-0.3, -0.25) is 4.79 Å². The van der Waals surface area contributed by atoms with E-state index >= 15 is 0 Å². The Balaban J connectivity index is 1.67. The molecule has 122 valence electrons. The molecule has 0 saturated carbocycles. The van der Waals surface area contributed by atoms with E-state index < -0.39 is 0 Å². The molecule has 0 atom stereocenters. The van der Waals surface area contributed by atoms with Crippen LogP contribution < -0.4 is 10.1 Å². The van der Waals surface area contributed by atoms with Crippen molar-refractivity contribution >= 4 is 23.2 Å². The predicted octanol–water partition coefficient (Wildman–Crippen LogP) is 3.85. The van der Waals surface area contributed by atoms with Gasteiger partial charge in [-0.25, -0.2) is 4.98 Å². The summed E-state index contributed by atoms with van der Waals surface area (Å²) in [6, 6.07) is 12.8. The van der Waals surface area contributed by atoms with E-state index in [0.717, 1.165) is 16.9 Å². The number of nitrogens with one attached hydrogen (secondary N) is 1. The first-order valence-corrected chi connectivity index (χ1v) is 7.77. The molecule has 0 saturated heterocycles. The number of aryl methyl sites for hydroxylation is 1. The van der Waals surface area contributed by atoms with E-state index in [-0.39, 0.29) is 12.5 Å². The number of amides is 1. The van der Waals surface area contributed by atoms with E-state index in [0.29, 0.717) is 10.8 Å². The molecule has 3 rings (SSSR count). The van der Waals surface area contributed by atoms with Crippen molar-refractivity contribution in [2.75, 3.05) is 11.9 Å². The quantitative estimate of drug-likeness (QED) is 0.766. The molecule has 0 aliphatic rings. The van der Waals surface area contributed by atoms with Crippen LogP contribution in [0.4, 0.5) is 5.69 Å². The van der Waals surface area contributed by atoms with Gasteiger partial charge < -0.3 is 14.6 Å². The first kappa shape index (κ1) is 16.1. The van der Waals surface area contributed by atoms with Gasteiger partial charge in [0.25, 0.3) is 5.91 Å². The smallest absolute Gasteiger partial charge is 0.262 e. The van der Waals surface area contributed by atoms with Crippen LogP contribution in [0, 0.1) is 6.92 Å². The molecule has 0 fully saturated rings. The zero-order valence-corrected chi connectivity index (χ0v) is 13.8. The lowest BCUT2D eigenvalue weighted by Gasteiger charge is -2.13. The summed E-state index contributed by atoms with van der Waals surface area (Å²) in [4.78, 5) is 16.2. The number of ether oxygens (including phenoxy) is 1. The average molecular weight is 342 g/mol. The van der Waals surface area contributed by atoms with Gasteiger partial charge in [0.15, 0.2) is 6.61 Å². The predicted molar refractivity (Wildman–Crippen MR) is 93.9 cm³/mol. The van der Waals surface area contributed by atoms with Gasteiger partial charge in [0.1, 0.15) is 5.75 Å². The molecule has 24 heavy (non-hydrogen) atoms. The van der Waals surface area contributed by atoms with Gasteiger partial charge in [-0.1, -0.05) is 23.7 Å². The van der Waals surface area contributed by atoms with E-state index in [1.807, 2.05) is 42.0 Å². The van der Waals surface area contributed by atoms with Crippen LogP contribution in [0.15, 0.2) is 61.2 Å². The largest absolute Gasteiger partial charge is 0.482 e. The third kappa shape index (κ3) is 3.75. The Kier molecular flexibility index (Phi) is 4.82. The number of hydrogen-bond acceptors (Lipinski definition) is 3. The second-order valence-electron chi connectivity index (χ2n) is 5.23. The minimum absolute atomic E-state index is 0.0895. The molecular formula is C18H16ClN3O2. The zero-order chi connectivity index (χ0) is 16.9. The lowest BCUT2D eigenvalue weighted by atomic mass is 10.2. The normalized spacial score (nSPS) is 10.4. The average Bonchev–Trinajstić information content (AvgIpc) is 3.10. The Morgan fingerprint density at radius 3 is 2.88 bits per heavy atom. The number of nitrogens with zero attached hydrogens (tertiary/aromatic N) is 2. The van der Waals surface area contributed by atoms with E-state index in [1.54, 1.807) is 30.7 Å². The maximum Gasteiger partial charge on any atom is 0.262 e. The maximum atomic E-state index is 12.1. The molecule has 0 aliphatic carbocycles. The second kappa shape index (κ2) is 7.19. The third-order valence-electron chi connectivity index (χ3n) is 3.47. The number of anilines is 1. The molecule has 3 aromatic rings. The number of aromatic nitrogens is 2. The van der Waals surface area contributed by atoms with Crippen molar-refractivity contribution in [1.82, 2.24) is 9.55 Å². The number of benzene rings is 2. The van der Waals surface area contributed by atoms with Crippen molar-refractivity contribution < 1.29 is 9.53 Å². The lowest BCUT2D eigenvalue weighted by Crippen LogP contribution is -2.21. The minimum Gasteiger partial charge on any atom is -0.482 e. The number of halogens is 1. The van der Waals surface area contributed by atoms with Crippen molar-refractivity contribution in [3.05, 3.63) is 71.8 Å². The van der Waals surface area contributed by atoms with Crippen LogP contribution in [0.5, 0.6) is 5.75 Å². The van der Waals surface area contributed by atoms with Crippen molar-refractivity contribution in [3.8, 4) is 11.4 Å². The highest BCUT2D eigenvalue weighted by molar-refractivity contribution is 6.30. The van der Waals surface area contributed by atoms with Crippen LogP contribution in [0.3, 0.4) is 0 Å². The van der Waals surface area contributed by atoms with Crippen LogP contribution in [0.1, 0.15) is 5.56 Å². The first-order valence-electron chi connectivity index (χ1n) is 7.39. The Labute approximate surface area is 144 Å². The molecule has 0 unspecified atom stereocenters. The summed E-state index contributed by atoms with van der Waals surface area (Å²) < 4.78 is 7.50. The summed E-state index contributed by atoms with van der Waals surface area (Å²) in [6.07, 6.45) is 5.19. The number of carbonyl (C=O) groups excluding carboxylic acids is 1. The lowest BCUT2D eigenvalue weighted by molar-refractivity contribution is -0.118. The molecule has 1 N–H and O–H groups in total. The van der Waals surface area contributed by atoms with Gasteiger partial charge in [-0.2, -0.15) is 0 Å². The highest BCUT2D eigenvalue weighted by Gasteiger charge is 2.09. The molecule has 0 aliphatic heterocycles. The van der Waals surface area contributed by atoms with Gasteiger partial charge in [-0.05, 0) is 42.8 Å². The van der Waals surface area contributed by atoms with E-state index in [9.17, 15) is 4.79 Å². The Morgan fingerprint density at radius 1 is 1.29 bits per heavy atom. The molecule has 1 aromatic heterocycles. The van der Waals surface area contributed by atoms with Gasteiger partial charge in [0.2, 0.25) is 0 Å². The molecule has 1 amide bonds. The van der Waals surface area contributed by atoms with Gasteiger partial charge in [0, 0.05) is 23.1 Å². The van der Waals surface area contributed by atoms with Crippen LogP contribution >= 0.6 is 11.6 Å². The van der Waals surface area contributed by atoms with Crippen molar-refractivity contribution in [2.24, 2.45) is 0 Å². The fraction of sp³-hybridized carbons (Fsp3) is 0.111. The van der Waals surface area contributed by atoms with E-state index in [2.05, 4.69) is 10.3 Å². The van der Waals surface area contributed by atoms with Gasteiger partial charge in [-0.15, -0.1) is 0 Å². The number of para-hydroxylation sites is 2. The maximum absolute atomic E-state index is 12.1. The van der Waals surface area contributed by atoms with Crippen LogP contribution in [-0.2, 0) is 4.79 Å². The molecular weight excluding hydrogens is 326 g/mol. The Morgan fingerprint density at radius 2 is 2.12 bits per heavy atom. The highest BCUT2D eigenvalue weighted by Crippen LogP contribution is 2.23. The van der Waals surface area contributed by atoms with Gasteiger partial charge in [0.05, 0.1) is 12.0 Å². The summed E-state index contributed by atoms with van der Waals surface area (Å²) in [5, 5.41) is 3.46. The summed E-state index contributed by atoms with van der Waals surface area (Å²) in [5.74, 6) is 0.374. The van der Waals surface area contributed by atoms with E-state index in [1.165, 1.54) is 0 Å². The van der Waals surface area contributed by atoms with Crippen LogP contribution in [0.2, 0.25) is 5.02 Å². The third-order valence-corrected chi connectivity index (χ3v) is 3.70. The standard InChI is InChI=1S/C18H16ClN3O2/c1-13-10-14(19)6-7-15(13)21-18(23)11-24-17-5-3-2-4-16(17)22-9-8-20-12-22/h2-10,12H,11H2,1H3,(H,21,23). The molecule has 0 bridgehead atoms.